The predicted octanol–water partition coefficient (Wildman–Crippen LogP) is 2.64. The van der Waals surface area contributed by atoms with E-state index in [1.54, 1.807) is 0 Å². The van der Waals surface area contributed by atoms with Gasteiger partial charge < -0.3 is 15.7 Å². The van der Waals surface area contributed by atoms with E-state index in [1.807, 2.05) is 24.3 Å². The second kappa shape index (κ2) is 9.01. The highest BCUT2D eigenvalue weighted by atomic mass is 35.5. The van der Waals surface area contributed by atoms with Gasteiger partial charge in [-0.25, -0.2) is 0 Å². The molecule has 0 aliphatic carbocycles. The topological polar surface area (TPSA) is 49.5 Å². The molecule has 6 heteroatoms. The summed E-state index contributed by atoms with van der Waals surface area (Å²) in [6.07, 6.45) is 1.60. The summed E-state index contributed by atoms with van der Waals surface area (Å²) in [5.41, 5.74) is 6.77. The molecule has 1 aliphatic rings. The van der Waals surface area contributed by atoms with Gasteiger partial charge in [-0.3, -0.25) is 0 Å². The Balaban J connectivity index is 0.00000162. The average Bonchev–Trinajstić information content (AvgIpc) is 2.33. The smallest absolute Gasteiger partial charge is 0.0916 e. The maximum Gasteiger partial charge on any atom is 0.0916 e. The lowest BCUT2D eigenvalue weighted by molar-refractivity contribution is 0.0977. The molecule has 1 heterocycles. The lowest BCUT2D eigenvalue weighted by atomic mass is 10.0. The van der Waals surface area contributed by atoms with Crippen molar-refractivity contribution in [3.05, 3.63) is 34.9 Å². The van der Waals surface area contributed by atoms with E-state index in [4.69, 9.17) is 17.3 Å². The van der Waals surface area contributed by atoms with Crippen molar-refractivity contribution in [1.82, 2.24) is 4.90 Å². The summed E-state index contributed by atoms with van der Waals surface area (Å²) < 4.78 is 0. The van der Waals surface area contributed by atoms with Crippen molar-refractivity contribution in [3.8, 4) is 0 Å². The normalized spacial score (nSPS) is 18.3. The minimum atomic E-state index is -0.443. The van der Waals surface area contributed by atoms with Crippen LogP contribution in [-0.4, -0.2) is 35.7 Å². The first-order chi connectivity index (χ1) is 8.15. The lowest BCUT2D eigenvalue weighted by Crippen LogP contribution is -2.41. The minimum absolute atomic E-state index is 0. The van der Waals surface area contributed by atoms with Crippen LogP contribution in [0.15, 0.2) is 24.3 Å². The molecule has 0 spiro atoms. The molecular formula is C13H21Cl3N2O. The van der Waals surface area contributed by atoms with E-state index < -0.39 is 6.10 Å². The largest absolute Gasteiger partial charge is 0.387 e. The molecule has 1 unspecified atom stereocenters. The summed E-state index contributed by atoms with van der Waals surface area (Å²) in [6.45, 7) is 2.63. The van der Waals surface area contributed by atoms with Crippen LogP contribution in [0, 0.1) is 0 Å². The zero-order valence-corrected chi connectivity index (χ0v) is 13.1. The molecule has 1 aromatic carbocycles. The van der Waals surface area contributed by atoms with Crippen molar-refractivity contribution >= 4 is 36.4 Å². The Morgan fingerprint density at radius 1 is 1.21 bits per heavy atom. The van der Waals surface area contributed by atoms with Crippen molar-refractivity contribution in [2.45, 2.75) is 25.0 Å². The van der Waals surface area contributed by atoms with Gasteiger partial charge in [0.1, 0.15) is 0 Å². The van der Waals surface area contributed by atoms with E-state index in [1.165, 1.54) is 0 Å². The molecule has 1 aliphatic heterocycles. The first-order valence-electron chi connectivity index (χ1n) is 6.06. The molecule has 0 radical (unpaired) electrons. The number of likely N-dealkylation sites (tertiary alicyclic amines) is 1. The highest BCUT2D eigenvalue weighted by Crippen LogP contribution is 2.19. The van der Waals surface area contributed by atoms with Crippen LogP contribution in [0.5, 0.6) is 0 Å². The number of hydrogen-bond acceptors (Lipinski definition) is 3. The number of nitrogens with two attached hydrogens (primary N) is 1. The van der Waals surface area contributed by atoms with Crippen LogP contribution in [0.3, 0.4) is 0 Å². The van der Waals surface area contributed by atoms with Crippen molar-refractivity contribution in [2.75, 3.05) is 19.6 Å². The number of aliphatic hydroxyl groups is 1. The van der Waals surface area contributed by atoms with Gasteiger partial charge in [0.2, 0.25) is 0 Å². The van der Waals surface area contributed by atoms with Crippen molar-refractivity contribution in [3.63, 3.8) is 0 Å². The number of rotatable bonds is 3. The van der Waals surface area contributed by atoms with Gasteiger partial charge in [0, 0.05) is 17.6 Å². The van der Waals surface area contributed by atoms with Crippen LogP contribution in [0.25, 0.3) is 0 Å². The molecule has 19 heavy (non-hydrogen) atoms. The summed E-state index contributed by atoms with van der Waals surface area (Å²) in [7, 11) is 0. The molecule has 3 nitrogen and oxygen atoms in total. The highest BCUT2D eigenvalue weighted by molar-refractivity contribution is 6.30. The first kappa shape index (κ1) is 19.0. The second-order valence-corrected chi connectivity index (χ2v) is 5.14. The number of halogens is 3. The van der Waals surface area contributed by atoms with Crippen LogP contribution < -0.4 is 5.73 Å². The lowest BCUT2D eigenvalue weighted by Gasteiger charge is -2.31. The van der Waals surface area contributed by atoms with Gasteiger partial charge in [-0.15, -0.1) is 24.8 Å². The molecule has 1 aromatic rings. The number of β-amino-alcohol motifs (C(OH)–C–C–N with tert-alkyl or cyclic N) is 1. The Hall–Kier alpha value is -0.0300. The van der Waals surface area contributed by atoms with E-state index >= 15 is 0 Å². The van der Waals surface area contributed by atoms with Crippen molar-refractivity contribution in [1.29, 1.82) is 0 Å². The van der Waals surface area contributed by atoms with Gasteiger partial charge in [0.05, 0.1) is 6.10 Å². The molecule has 2 rings (SSSR count). The third-order valence-corrected chi connectivity index (χ3v) is 3.57. The van der Waals surface area contributed by atoms with E-state index in [0.29, 0.717) is 17.6 Å². The molecule has 0 saturated carbocycles. The number of nitrogens with zero attached hydrogens (tertiary/aromatic N) is 1. The fourth-order valence-corrected chi connectivity index (χ4v) is 2.30. The molecule has 1 fully saturated rings. The summed E-state index contributed by atoms with van der Waals surface area (Å²) in [6, 6.07) is 7.71. The summed E-state index contributed by atoms with van der Waals surface area (Å²) in [5, 5.41) is 10.8. The fourth-order valence-electron chi connectivity index (χ4n) is 2.17. The molecular weight excluding hydrogens is 307 g/mol. The third-order valence-electron chi connectivity index (χ3n) is 3.32. The SMILES string of the molecule is Cl.Cl.NC1CCN(CC(O)c2ccc(Cl)cc2)CC1. The van der Waals surface area contributed by atoms with Crippen LogP contribution in [0.4, 0.5) is 0 Å². The highest BCUT2D eigenvalue weighted by Gasteiger charge is 2.19. The Labute approximate surface area is 131 Å². The first-order valence-corrected chi connectivity index (χ1v) is 6.44. The van der Waals surface area contributed by atoms with Crippen LogP contribution in [0.2, 0.25) is 5.02 Å². The van der Waals surface area contributed by atoms with Crippen LogP contribution >= 0.6 is 36.4 Å². The van der Waals surface area contributed by atoms with Crippen LogP contribution in [-0.2, 0) is 0 Å². The summed E-state index contributed by atoms with van der Waals surface area (Å²) >= 11 is 5.82. The Morgan fingerprint density at radius 3 is 2.26 bits per heavy atom. The quantitative estimate of drug-likeness (QED) is 0.897. The molecule has 3 N–H and O–H groups in total. The maximum absolute atomic E-state index is 10.1. The van der Waals surface area contributed by atoms with Crippen molar-refractivity contribution in [2.24, 2.45) is 5.73 Å². The number of benzene rings is 1. The molecule has 0 amide bonds. The van der Waals surface area contributed by atoms with E-state index in [9.17, 15) is 5.11 Å². The molecule has 0 bridgehead atoms. The average molecular weight is 328 g/mol. The zero-order chi connectivity index (χ0) is 12.3. The monoisotopic (exact) mass is 326 g/mol. The van der Waals surface area contributed by atoms with Gasteiger partial charge >= 0.3 is 0 Å². The molecule has 0 aromatic heterocycles. The predicted molar refractivity (Wildman–Crippen MR) is 84.6 cm³/mol. The number of hydrogen-bond donors (Lipinski definition) is 2. The minimum Gasteiger partial charge on any atom is -0.387 e. The fraction of sp³-hybridized carbons (Fsp3) is 0.538. The Kier molecular flexibility index (Phi) is 8.99. The maximum atomic E-state index is 10.1. The van der Waals surface area contributed by atoms with Gasteiger partial charge in [-0.1, -0.05) is 23.7 Å². The standard InChI is InChI=1S/C13H19ClN2O.2ClH/c14-11-3-1-10(2-4-11)13(17)9-16-7-5-12(15)6-8-16;;/h1-4,12-13,17H,5-9,15H2;2*1H. The number of piperidine rings is 1. The molecule has 1 saturated heterocycles. The van der Waals surface area contributed by atoms with Gasteiger partial charge in [-0.05, 0) is 43.6 Å². The number of aliphatic hydroxyl groups excluding tert-OH is 1. The second-order valence-electron chi connectivity index (χ2n) is 4.71. The van der Waals surface area contributed by atoms with E-state index in [0.717, 1.165) is 31.5 Å². The molecule has 110 valence electrons. The third kappa shape index (κ3) is 5.86. The molecule has 1 atom stereocenters. The zero-order valence-electron chi connectivity index (χ0n) is 10.7. The van der Waals surface area contributed by atoms with Crippen LogP contribution in [0.1, 0.15) is 24.5 Å². The van der Waals surface area contributed by atoms with E-state index in [2.05, 4.69) is 4.90 Å². The van der Waals surface area contributed by atoms with Gasteiger partial charge in [-0.2, -0.15) is 0 Å². The van der Waals surface area contributed by atoms with Gasteiger partial charge in [0.25, 0.3) is 0 Å². The summed E-state index contributed by atoms with van der Waals surface area (Å²) in [4.78, 5) is 2.27. The van der Waals surface area contributed by atoms with Crippen molar-refractivity contribution < 1.29 is 5.11 Å². The van der Waals surface area contributed by atoms with E-state index in [-0.39, 0.29) is 24.8 Å². The Bertz CT molecular complexity index is 353. The summed E-state index contributed by atoms with van der Waals surface area (Å²) in [5.74, 6) is 0. The van der Waals surface area contributed by atoms with Gasteiger partial charge in [0.15, 0.2) is 0 Å². The Morgan fingerprint density at radius 2 is 1.74 bits per heavy atom.